The first kappa shape index (κ1) is 15.0. The van der Waals surface area contributed by atoms with Crippen LogP contribution in [0.5, 0.6) is 0 Å². The van der Waals surface area contributed by atoms with Gasteiger partial charge in [-0.2, -0.15) is 0 Å². The van der Waals surface area contributed by atoms with Gasteiger partial charge in [-0.05, 0) is 30.4 Å². The van der Waals surface area contributed by atoms with Crippen LogP contribution < -0.4 is 10.6 Å². The van der Waals surface area contributed by atoms with Crippen molar-refractivity contribution in [1.82, 2.24) is 15.5 Å². The molecule has 1 saturated heterocycles. The van der Waals surface area contributed by atoms with E-state index in [2.05, 4.69) is 22.8 Å². The van der Waals surface area contributed by atoms with Crippen LogP contribution in [0.25, 0.3) is 0 Å². The molecule has 1 unspecified atom stereocenters. The number of likely N-dealkylation sites (tertiary alicyclic amines) is 1. The van der Waals surface area contributed by atoms with Gasteiger partial charge in [-0.1, -0.05) is 24.3 Å². The van der Waals surface area contributed by atoms with Crippen molar-refractivity contribution < 1.29 is 9.59 Å². The number of rotatable bonds is 2. The number of carbonyl (C=O) groups is 2. The molecule has 1 atom stereocenters. The summed E-state index contributed by atoms with van der Waals surface area (Å²) in [5, 5.41) is 6.45. The number of amides is 2. The van der Waals surface area contributed by atoms with E-state index in [1.54, 1.807) is 6.92 Å². The first-order valence-corrected chi connectivity index (χ1v) is 7.99. The Hall–Kier alpha value is -1.88. The lowest BCUT2D eigenvalue weighted by molar-refractivity contribution is -0.130. The van der Waals surface area contributed by atoms with Gasteiger partial charge in [0, 0.05) is 32.6 Å². The first-order chi connectivity index (χ1) is 10.6. The van der Waals surface area contributed by atoms with Crippen molar-refractivity contribution in [3.8, 4) is 0 Å². The zero-order valence-corrected chi connectivity index (χ0v) is 13.0. The van der Waals surface area contributed by atoms with E-state index in [1.165, 1.54) is 11.1 Å². The van der Waals surface area contributed by atoms with Crippen LogP contribution in [-0.4, -0.2) is 41.9 Å². The van der Waals surface area contributed by atoms with Gasteiger partial charge in [0.05, 0.1) is 6.04 Å². The van der Waals surface area contributed by atoms with Crippen LogP contribution in [0.15, 0.2) is 24.3 Å². The monoisotopic (exact) mass is 301 g/mol. The Balaban J connectivity index is 1.52. The number of benzene rings is 1. The molecule has 0 radical (unpaired) electrons. The van der Waals surface area contributed by atoms with Gasteiger partial charge in [-0.25, -0.2) is 0 Å². The molecule has 0 aromatic heterocycles. The van der Waals surface area contributed by atoms with Crippen molar-refractivity contribution in [3.05, 3.63) is 35.4 Å². The summed E-state index contributed by atoms with van der Waals surface area (Å²) in [6.45, 7) is 3.82. The molecule has 2 aliphatic heterocycles. The van der Waals surface area contributed by atoms with Crippen molar-refractivity contribution in [3.63, 3.8) is 0 Å². The fourth-order valence-corrected chi connectivity index (χ4v) is 3.28. The average molecular weight is 301 g/mol. The molecule has 2 N–H and O–H groups in total. The minimum absolute atomic E-state index is 0.0794. The Labute approximate surface area is 131 Å². The molecule has 1 aromatic carbocycles. The minimum atomic E-state index is -0.152. The van der Waals surface area contributed by atoms with Crippen LogP contribution in [0.3, 0.4) is 0 Å². The van der Waals surface area contributed by atoms with E-state index in [4.69, 9.17) is 0 Å². The summed E-state index contributed by atoms with van der Waals surface area (Å²) >= 11 is 0. The first-order valence-electron chi connectivity index (χ1n) is 7.99. The summed E-state index contributed by atoms with van der Waals surface area (Å²) in [6.07, 6.45) is 2.43. The van der Waals surface area contributed by atoms with E-state index in [1.807, 2.05) is 17.0 Å². The maximum atomic E-state index is 12.4. The van der Waals surface area contributed by atoms with Gasteiger partial charge in [0.25, 0.3) is 0 Å². The topological polar surface area (TPSA) is 61.4 Å². The lowest BCUT2D eigenvalue weighted by Gasteiger charge is -2.33. The molecule has 3 rings (SSSR count). The lowest BCUT2D eigenvalue weighted by Crippen LogP contribution is -2.53. The SMILES string of the molecule is CC(=O)N1CCC(NC(=O)C2Cc3ccccc3CN2)CC1. The van der Waals surface area contributed by atoms with Gasteiger partial charge in [-0.3, -0.25) is 9.59 Å². The second-order valence-electron chi connectivity index (χ2n) is 6.20. The summed E-state index contributed by atoms with van der Waals surface area (Å²) in [7, 11) is 0. The smallest absolute Gasteiger partial charge is 0.237 e. The van der Waals surface area contributed by atoms with Crippen LogP contribution in [-0.2, 0) is 22.6 Å². The molecular formula is C17H23N3O2. The maximum Gasteiger partial charge on any atom is 0.237 e. The largest absolute Gasteiger partial charge is 0.352 e. The Morgan fingerprint density at radius 2 is 1.86 bits per heavy atom. The van der Waals surface area contributed by atoms with E-state index < -0.39 is 0 Å². The van der Waals surface area contributed by atoms with Crippen molar-refractivity contribution in [1.29, 1.82) is 0 Å². The Morgan fingerprint density at radius 3 is 2.55 bits per heavy atom. The molecule has 2 amide bonds. The van der Waals surface area contributed by atoms with Crippen LogP contribution in [0.1, 0.15) is 30.9 Å². The normalized spacial score (nSPS) is 22.0. The third-order valence-electron chi connectivity index (χ3n) is 4.68. The van der Waals surface area contributed by atoms with Gasteiger partial charge < -0.3 is 15.5 Å². The third-order valence-corrected chi connectivity index (χ3v) is 4.68. The van der Waals surface area contributed by atoms with Crippen LogP contribution in [0.2, 0.25) is 0 Å². The fraction of sp³-hybridized carbons (Fsp3) is 0.529. The highest BCUT2D eigenvalue weighted by Gasteiger charge is 2.27. The maximum absolute atomic E-state index is 12.4. The third kappa shape index (κ3) is 3.30. The van der Waals surface area contributed by atoms with E-state index in [0.717, 1.165) is 38.9 Å². The number of fused-ring (bicyclic) bond motifs is 1. The lowest BCUT2D eigenvalue weighted by atomic mass is 9.95. The van der Waals surface area contributed by atoms with Gasteiger partial charge in [0.2, 0.25) is 11.8 Å². The van der Waals surface area contributed by atoms with Crippen molar-refractivity contribution in [2.24, 2.45) is 0 Å². The summed E-state index contributed by atoms with van der Waals surface area (Å²) < 4.78 is 0. The van der Waals surface area contributed by atoms with Crippen LogP contribution >= 0.6 is 0 Å². The highest BCUT2D eigenvalue weighted by atomic mass is 16.2. The quantitative estimate of drug-likeness (QED) is 0.850. The highest BCUT2D eigenvalue weighted by molar-refractivity contribution is 5.82. The van der Waals surface area contributed by atoms with Crippen LogP contribution in [0.4, 0.5) is 0 Å². The predicted octanol–water partition coefficient (Wildman–Crippen LogP) is 0.828. The summed E-state index contributed by atoms with van der Waals surface area (Å²) in [4.78, 5) is 25.6. The molecule has 22 heavy (non-hydrogen) atoms. The zero-order valence-electron chi connectivity index (χ0n) is 13.0. The molecular weight excluding hydrogens is 278 g/mol. The Kier molecular flexibility index (Phi) is 4.43. The van der Waals surface area contributed by atoms with E-state index in [-0.39, 0.29) is 23.9 Å². The molecule has 5 heteroatoms. The summed E-state index contributed by atoms with van der Waals surface area (Å²) in [5.41, 5.74) is 2.54. The van der Waals surface area contributed by atoms with Gasteiger partial charge in [0.1, 0.15) is 0 Å². The Bertz CT molecular complexity index is 565. The number of nitrogens with zero attached hydrogens (tertiary/aromatic N) is 1. The number of carbonyl (C=O) groups excluding carboxylic acids is 2. The predicted molar refractivity (Wildman–Crippen MR) is 84.2 cm³/mol. The van der Waals surface area contributed by atoms with Crippen molar-refractivity contribution >= 4 is 11.8 Å². The molecule has 2 aliphatic rings. The van der Waals surface area contributed by atoms with Gasteiger partial charge in [-0.15, -0.1) is 0 Å². The van der Waals surface area contributed by atoms with Crippen LogP contribution in [0, 0.1) is 0 Å². The molecule has 2 heterocycles. The summed E-state index contributed by atoms with van der Waals surface area (Å²) in [6, 6.07) is 8.29. The number of hydrogen-bond donors (Lipinski definition) is 2. The number of hydrogen-bond acceptors (Lipinski definition) is 3. The summed E-state index contributed by atoms with van der Waals surface area (Å²) in [5.74, 6) is 0.200. The fourth-order valence-electron chi connectivity index (χ4n) is 3.28. The Morgan fingerprint density at radius 1 is 1.18 bits per heavy atom. The minimum Gasteiger partial charge on any atom is -0.352 e. The molecule has 0 bridgehead atoms. The number of nitrogens with one attached hydrogen (secondary N) is 2. The second-order valence-corrected chi connectivity index (χ2v) is 6.20. The molecule has 1 fully saturated rings. The van der Waals surface area contributed by atoms with Crippen molar-refractivity contribution in [2.45, 2.75) is 44.8 Å². The molecule has 118 valence electrons. The second kappa shape index (κ2) is 6.48. The molecule has 5 nitrogen and oxygen atoms in total. The highest BCUT2D eigenvalue weighted by Crippen LogP contribution is 2.17. The van der Waals surface area contributed by atoms with Gasteiger partial charge >= 0.3 is 0 Å². The number of piperidine rings is 1. The average Bonchev–Trinajstić information content (AvgIpc) is 2.55. The standard InChI is InChI=1S/C17H23N3O2/c1-12(21)20-8-6-15(7-9-20)19-17(22)16-10-13-4-2-3-5-14(13)11-18-16/h2-5,15-16,18H,6-11H2,1H3,(H,19,22). The van der Waals surface area contributed by atoms with E-state index in [9.17, 15) is 9.59 Å². The molecule has 0 aliphatic carbocycles. The molecule has 0 saturated carbocycles. The molecule has 1 aromatic rings. The zero-order chi connectivity index (χ0) is 15.5. The van der Waals surface area contributed by atoms with E-state index in [0.29, 0.717) is 0 Å². The van der Waals surface area contributed by atoms with Crippen molar-refractivity contribution in [2.75, 3.05) is 13.1 Å². The van der Waals surface area contributed by atoms with E-state index >= 15 is 0 Å². The molecule has 0 spiro atoms. The van der Waals surface area contributed by atoms with Gasteiger partial charge in [0.15, 0.2) is 0 Å².